The van der Waals surface area contributed by atoms with E-state index >= 15 is 0 Å². The molecule has 0 aromatic heterocycles. The molecule has 35 heavy (non-hydrogen) atoms. The number of benzene rings is 3. The zero-order valence-electron chi connectivity index (χ0n) is 19.3. The first-order valence-corrected chi connectivity index (χ1v) is 13.1. The van der Waals surface area contributed by atoms with E-state index in [4.69, 9.17) is 27.9 Å². The summed E-state index contributed by atoms with van der Waals surface area (Å²) >= 11 is 15.1. The fraction of sp³-hybridized carbons (Fsp3) is 0.259. The van der Waals surface area contributed by atoms with Crippen LogP contribution in [0.4, 0.5) is 0 Å². The summed E-state index contributed by atoms with van der Waals surface area (Å²) < 4.78 is 6.83. The molecule has 8 heteroatoms. The predicted molar refractivity (Wildman–Crippen MR) is 149 cm³/mol. The number of rotatable bonds is 11. The highest BCUT2D eigenvalue weighted by atomic mass is 127. The highest BCUT2D eigenvalue weighted by molar-refractivity contribution is 14.1. The smallest absolute Gasteiger partial charge is 0.261 e. The van der Waals surface area contributed by atoms with E-state index < -0.39 is 6.04 Å². The lowest BCUT2D eigenvalue weighted by Gasteiger charge is -2.32. The minimum atomic E-state index is -0.774. The number of ether oxygens (including phenoxy) is 1. The topological polar surface area (TPSA) is 58.6 Å². The van der Waals surface area contributed by atoms with Gasteiger partial charge in [0.2, 0.25) is 5.91 Å². The van der Waals surface area contributed by atoms with Crippen LogP contribution in [0.3, 0.4) is 0 Å². The zero-order valence-corrected chi connectivity index (χ0v) is 23.0. The van der Waals surface area contributed by atoms with E-state index in [1.54, 1.807) is 30.3 Å². The SMILES string of the molecule is CCCNC(=O)[C@@H](Cc1ccccc1)N(Cc1c(Cl)cccc1Cl)C(=O)COc1ccc(I)cc1. The van der Waals surface area contributed by atoms with Gasteiger partial charge < -0.3 is 15.0 Å². The third-order valence-electron chi connectivity index (χ3n) is 5.39. The van der Waals surface area contributed by atoms with Crippen molar-refractivity contribution in [1.29, 1.82) is 0 Å². The van der Waals surface area contributed by atoms with Gasteiger partial charge in [0.25, 0.3) is 5.91 Å². The van der Waals surface area contributed by atoms with Crippen molar-refractivity contribution in [2.75, 3.05) is 13.2 Å². The van der Waals surface area contributed by atoms with Crippen LogP contribution >= 0.6 is 45.8 Å². The van der Waals surface area contributed by atoms with Gasteiger partial charge in [-0.15, -0.1) is 0 Å². The van der Waals surface area contributed by atoms with Crippen LogP contribution < -0.4 is 10.1 Å². The van der Waals surface area contributed by atoms with Gasteiger partial charge in [-0.1, -0.05) is 66.5 Å². The van der Waals surface area contributed by atoms with Crippen LogP contribution in [0.5, 0.6) is 5.75 Å². The van der Waals surface area contributed by atoms with Gasteiger partial charge in [-0.05, 0) is 71.0 Å². The zero-order chi connectivity index (χ0) is 25.2. The molecule has 1 atom stereocenters. The molecule has 0 aliphatic carbocycles. The molecule has 0 aliphatic heterocycles. The minimum Gasteiger partial charge on any atom is -0.484 e. The average Bonchev–Trinajstić information content (AvgIpc) is 2.86. The summed E-state index contributed by atoms with van der Waals surface area (Å²) in [6.45, 7) is 2.34. The van der Waals surface area contributed by atoms with E-state index in [0.29, 0.717) is 34.3 Å². The molecule has 5 nitrogen and oxygen atoms in total. The first kappa shape index (κ1) is 27.3. The molecule has 0 aliphatic rings. The lowest BCUT2D eigenvalue weighted by atomic mass is 10.0. The number of carbonyl (C=O) groups excluding carboxylic acids is 2. The number of nitrogens with one attached hydrogen (secondary N) is 1. The number of hydrogen-bond acceptors (Lipinski definition) is 3. The van der Waals surface area contributed by atoms with Crippen LogP contribution in [-0.4, -0.2) is 35.9 Å². The Morgan fingerprint density at radius 2 is 1.63 bits per heavy atom. The molecule has 0 radical (unpaired) electrons. The van der Waals surface area contributed by atoms with E-state index in [0.717, 1.165) is 15.6 Å². The number of amides is 2. The highest BCUT2D eigenvalue weighted by Crippen LogP contribution is 2.27. The fourth-order valence-electron chi connectivity index (χ4n) is 3.53. The number of carbonyl (C=O) groups is 2. The Balaban J connectivity index is 1.93. The first-order chi connectivity index (χ1) is 16.9. The summed E-state index contributed by atoms with van der Waals surface area (Å²) in [5.41, 5.74) is 1.52. The molecule has 3 aromatic carbocycles. The average molecular weight is 625 g/mol. The fourth-order valence-corrected chi connectivity index (χ4v) is 4.41. The summed E-state index contributed by atoms with van der Waals surface area (Å²) in [7, 11) is 0. The van der Waals surface area contributed by atoms with Crippen LogP contribution in [0.25, 0.3) is 0 Å². The van der Waals surface area contributed by atoms with E-state index in [-0.39, 0.29) is 25.0 Å². The summed E-state index contributed by atoms with van der Waals surface area (Å²) in [5.74, 6) is -0.00172. The van der Waals surface area contributed by atoms with Crippen molar-refractivity contribution in [3.05, 3.63) is 97.5 Å². The quantitative estimate of drug-likeness (QED) is 0.261. The van der Waals surface area contributed by atoms with Crippen molar-refractivity contribution in [2.24, 2.45) is 0 Å². The van der Waals surface area contributed by atoms with E-state index in [2.05, 4.69) is 27.9 Å². The van der Waals surface area contributed by atoms with Crippen molar-refractivity contribution in [3.63, 3.8) is 0 Å². The molecule has 3 rings (SSSR count). The Labute approximate surface area is 229 Å². The molecule has 3 aromatic rings. The van der Waals surface area contributed by atoms with Crippen LogP contribution in [0, 0.1) is 3.57 Å². The Bertz CT molecular complexity index is 1110. The van der Waals surface area contributed by atoms with E-state index in [9.17, 15) is 9.59 Å². The van der Waals surface area contributed by atoms with Crippen molar-refractivity contribution >= 4 is 57.6 Å². The molecule has 0 spiro atoms. The summed E-state index contributed by atoms with van der Waals surface area (Å²) in [6, 6.07) is 21.4. The van der Waals surface area contributed by atoms with Gasteiger partial charge in [-0.3, -0.25) is 9.59 Å². The third kappa shape index (κ3) is 8.12. The number of halogens is 3. The second-order valence-electron chi connectivity index (χ2n) is 7.96. The van der Waals surface area contributed by atoms with E-state index in [1.807, 2.05) is 49.4 Å². The Morgan fingerprint density at radius 1 is 0.971 bits per heavy atom. The van der Waals surface area contributed by atoms with Crippen molar-refractivity contribution < 1.29 is 14.3 Å². The molecule has 0 saturated heterocycles. The second kappa shape index (κ2) is 13.7. The lowest BCUT2D eigenvalue weighted by Crippen LogP contribution is -2.51. The van der Waals surface area contributed by atoms with Gasteiger partial charge in [0.05, 0.1) is 0 Å². The maximum atomic E-state index is 13.6. The standard InChI is InChI=1S/C27H27Cl2IN2O3/c1-2-15-31-27(34)25(16-19-7-4-3-5-8-19)32(17-22-23(28)9-6-10-24(22)29)26(33)18-35-21-13-11-20(30)12-14-21/h3-14,25H,2,15-18H2,1H3,(H,31,34)/t25-/m1/s1. The molecular weight excluding hydrogens is 598 g/mol. The van der Waals surface area contributed by atoms with Crippen LogP contribution in [0.1, 0.15) is 24.5 Å². The van der Waals surface area contributed by atoms with Gasteiger partial charge in [0.1, 0.15) is 11.8 Å². The van der Waals surface area contributed by atoms with Crippen molar-refractivity contribution in [3.8, 4) is 5.75 Å². The molecule has 2 amide bonds. The molecule has 0 fully saturated rings. The predicted octanol–water partition coefficient (Wildman–Crippen LogP) is 6.14. The molecule has 0 unspecified atom stereocenters. The number of hydrogen-bond donors (Lipinski definition) is 1. The van der Waals surface area contributed by atoms with E-state index in [1.165, 1.54) is 4.90 Å². The van der Waals surface area contributed by atoms with Gasteiger partial charge >= 0.3 is 0 Å². The van der Waals surface area contributed by atoms with Crippen molar-refractivity contribution in [1.82, 2.24) is 10.2 Å². The van der Waals surface area contributed by atoms with Crippen LogP contribution in [-0.2, 0) is 22.6 Å². The van der Waals surface area contributed by atoms with Gasteiger partial charge in [0, 0.05) is 38.7 Å². The van der Waals surface area contributed by atoms with Crippen LogP contribution in [0.15, 0.2) is 72.8 Å². The Morgan fingerprint density at radius 3 is 2.26 bits per heavy atom. The maximum Gasteiger partial charge on any atom is 0.261 e. The van der Waals surface area contributed by atoms with Crippen LogP contribution in [0.2, 0.25) is 10.0 Å². The summed E-state index contributed by atoms with van der Waals surface area (Å²) in [6.07, 6.45) is 1.12. The summed E-state index contributed by atoms with van der Waals surface area (Å²) in [4.78, 5) is 28.4. The number of nitrogens with zero attached hydrogens (tertiary/aromatic N) is 1. The summed E-state index contributed by atoms with van der Waals surface area (Å²) in [5, 5.41) is 3.81. The largest absolute Gasteiger partial charge is 0.484 e. The molecule has 184 valence electrons. The molecule has 0 bridgehead atoms. The Kier molecular flexibility index (Phi) is 10.7. The third-order valence-corrected chi connectivity index (χ3v) is 6.81. The maximum absolute atomic E-state index is 13.6. The first-order valence-electron chi connectivity index (χ1n) is 11.3. The van der Waals surface area contributed by atoms with Gasteiger partial charge in [0.15, 0.2) is 6.61 Å². The monoisotopic (exact) mass is 624 g/mol. The lowest BCUT2D eigenvalue weighted by molar-refractivity contribution is -0.142. The Hall–Kier alpha value is -2.29. The molecular formula is C27H27Cl2IN2O3. The second-order valence-corrected chi connectivity index (χ2v) is 10.0. The molecule has 0 heterocycles. The minimum absolute atomic E-state index is 0.0738. The van der Waals surface area contributed by atoms with Crippen molar-refractivity contribution in [2.45, 2.75) is 32.4 Å². The normalized spacial score (nSPS) is 11.5. The highest BCUT2D eigenvalue weighted by Gasteiger charge is 2.31. The molecule has 1 N–H and O–H groups in total. The van der Waals surface area contributed by atoms with Gasteiger partial charge in [-0.25, -0.2) is 0 Å². The van der Waals surface area contributed by atoms with Gasteiger partial charge in [-0.2, -0.15) is 0 Å². The molecule has 0 saturated carbocycles.